The molecule has 0 spiro atoms. The van der Waals surface area contributed by atoms with Crippen molar-refractivity contribution in [3.05, 3.63) is 85.6 Å². The van der Waals surface area contributed by atoms with Crippen LogP contribution in [0.15, 0.2) is 54.6 Å². The normalized spacial score (nSPS) is 10.2. The Balaban J connectivity index is 0.000000163. The molecule has 6 aromatic rings. The van der Waals surface area contributed by atoms with Crippen LogP contribution in [0.1, 0.15) is 31.1 Å². The molecule has 0 unspecified atom stereocenters. The summed E-state index contributed by atoms with van der Waals surface area (Å²) in [5.41, 5.74) is 5.33. The van der Waals surface area contributed by atoms with Crippen LogP contribution < -0.4 is 0 Å². The average molecular weight is 735 g/mol. The number of carboxylic acid groups (broad SMARTS) is 3. The van der Waals surface area contributed by atoms with E-state index in [4.69, 9.17) is 52.0 Å². The number of carbonyl (C=O) groups is 3. The van der Waals surface area contributed by atoms with Gasteiger partial charge in [-0.15, -0.1) is 0 Å². The van der Waals surface area contributed by atoms with E-state index in [9.17, 15) is 14.4 Å². The predicted molar refractivity (Wildman–Crippen MR) is 151 cm³/mol. The fourth-order valence-corrected chi connectivity index (χ4v) is 4.16. The Hall–Kier alpha value is -3.28. The van der Waals surface area contributed by atoms with Crippen LogP contribution in [0.3, 0.4) is 0 Å². The molecule has 205 valence electrons. The summed E-state index contributed by atoms with van der Waals surface area (Å²) in [4.78, 5) is 49.0. The van der Waals surface area contributed by atoms with E-state index < -0.39 is 17.9 Å². The third-order valence-corrected chi connectivity index (χ3v) is 5.90. The van der Waals surface area contributed by atoms with Crippen molar-refractivity contribution in [2.75, 3.05) is 0 Å². The number of hydrogen-bond acceptors (Lipinski definition) is 6. The minimum Gasteiger partial charge on any atom is -0.478 e. The molecular formula is C24H18EuN6O6S3. The molecule has 9 N–H and O–H groups in total. The number of imidazole rings is 3. The number of aromatic amines is 6. The van der Waals surface area contributed by atoms with Crippen LogP contribution in [0.5, 0.6) is 0 Å². The van der Waals surface area contributed by atoms with Gasteiger partial charge in [-0.05, 0) is 91.3 Å². The molecule has 0 saturated heterocycles. The van der Waals surface area contributed by atoms with Gasteiger partial charge in [0.05, 0.1) is 49.8 Å². The number of aromatic nitrogens is 6. The van der Waals surface area contributed by atoms with Crippen molar-refractivity contribution < 1.29 is 79.1 Å². The topological polar surface area (TPSA) is 207 Å². The zero-order chi connectivity index (χ0) is 28.3. The third-order valence-electron chi connectivity index (χ3n) is 5.29. The van der Waals surface area contributed by atoms with Gasteiger partial charge in [-0.2, -0.15) is 0 Å². The molecule has 0 saturated carbocycles. The van der Waals surface area contributed by atoms with Crippen molar-refractivity contribution in [2.45, 2.75) is 0 Å². The van der Waals surface area contributed by atoms with Crippen LogP contribution in [-0.2, 0) is 0 Å². The average Bonchev–Trinajstić information content (AvgIpc) is 3.56. The van der Waals surface area contributed by atoms with Crippen molar-refractivity contribution in [1.82, 2.24) is 29.9 Å². The van der Waals surface area contributed by atoms with Gasteiger partial charge in [0.1, 0.15) is 0 Å². The van der Waals surface area contributed by atoms with Gasteiger partial charge in [-0.1, -0.05) is 0 Å². The largest absolute Gasteiger partial charge is 0.478 e. The molecule has 16 heteroatoms. The molecule has 0 fully saturated rings. The standard InChI is InChI=1S/3C8H6N2O2S.Eu/c3*11-7(12)4-1-2-5-6(3-4)10-8(13)9-5;/h3*1-3H,(H,11,12)(H2,9,10,13);. The summed E-state index contributed by atoms with van der Waals surface area (Å²) in [7, 11) is 0. The molecule has 40 heavy (non-hydrogen) atoms. The van der Waals surface area contributed by atoms with Gasteiger partial charge in [0, 0.05) is 49.4 Å². The van der Waals surface area contributed by atoms with Gasteiger partial charge in [-0.3, -0.25) is 0 Å². The molecule has 0 aliphatic rings. The smallest absolute Gasteiger partial charge is 0.335 e. The number of rotatable bonds is 3. The van der Waals surface area contributed by atoms with Gasteiger partial charge in [0.15, 0.2) is 14.3 Å². The van der Waals surface area contributed by atoms with Crippen molar-refractivity contribution in [3.8, 4) is 0 Å². The minimum atomic E-state index is -0.942. The SMILES string of the molecule is O=C(O)c1ccc2[nH]c(=S)[nH]c2c1.O=C(O)c1ccc2[nH]c(=S)[nH]c2c1.O=C(O)c1ccc2[nH]c(=S)[nH]c2c1.[Eu]. The molecule has 3 heterocycles. The maximum absolute atomic E-state index is 10.6. The van der Waals surface area contributed by atoms with Crippen LogP contribution >= 0.6 is 36.7 Å². The van der Waals surface area contributed by atoms with E-state index in [1.807, 2.05) is 0 Å². The van der Waals surface area contributed by atoms with Crippen molar-refractivity contribution >= 4 is 87.7 Å². The predicted octanol–water partition coefficient (Wildman–Crippen LogP) is 5.77. The fraction of sp³-hybridized carbons (Fsp3) is 0. The van der Waals surface area contributed by atoms with E-state index in [1.54, 1.807) is 36.4 Å². The Kier molecular flexibility index (Phi) is 10.5. The van der Waals surface area contributed by atoms with Crippen LogP contribution in [0, 0.1) is 63.7 Å². The second-order valence-corrected chi connectivity index (χ2v) is 9.16. The zero-order valence-corrected chi connectivity index (χ0v) is 24.7. The van der Waals surface area contributed by atoms with E-state index in [0.717, 1.165) is 16.6 Å². The third kappa shape index (κ3) is 7.68. The number of hydrogen-bond donors (Lipinski definition) is 9. The molecular weight excluding hydrogens is 716 g/mol. The van der Waals surface area contributed by atoms with E-state index in [2.05, 4.69) is 29.9 Å². The molecule has 0 atom stereocenters. The maximum atomic E-state index is 10.6. The number of aromatic carboxylic acids is 3. The first-order valence-electron chi connectivity index (χ1n) is 10.9. The molecule has 1 radical (unpaired) electrons. The summed E-state index contributed by atoms with van der Waals surface area (Å²) < 4.78 is 1.49. The first-order chi connectivity index (χ1) is 18.5. The summed E-state index contributed by atoms with van der Waals surface area (Å²) in [5, 5.41) is 26.1. The second kappa shape index (κ2) is 13.4. The van der Waals surface area contributed by atoms with E-state index in [1.165, 1.54) is 18.2 Å². The number of nitrogens with one attached hydrogen (secondary N) is 6. The summed E-state index contributed by atoms with van der Waals surface area (Å²) >= 11 is 14.6. The molecule has 0 aliphatic carbocycles. The Morgan fingerprint density at radius 2 is 0.675 bits per heavy atom. The summed E-state index contributed by atoms with van der Waals surface area (Å²) in [6.45, 7) is 0. The second-order valence-electron chi connectivity index (χ2n) is 7.93. The summed E-state index contributed by atoms with van der Waals surface area (Å²) in [6, 6.07) is 14.3. The summed E-state index contributed by atoms with van der Waals surface area (Å²) in [5.74, 6) is -2.83. The molecule has 12 nitrogen and oxygen atoms in total. The number of fused-ring (bicyclic) bond motifs is 3. The van der Waals surface area contributed by atoms with Crippen LogP contribution in [0.2, 0.25) is 0 Å². The molecule has 3 aromatic heterocycles. The van der Waals surface area contributed by atoms with Crippen molar-refractivity contribution in [1.29, 1.82) is 0 Å². The van der Waals surface area contributed by atoms with E-state index in [0.29, 0.717) is 30.9 Å². The monoisotopic (exact) mass is 735 g/mol. The van der Waals surface area contributed by atoms with E-state index in [-0.39, 0.29) is 66.1 Å². The summed E-state index contributed by atoms with van der Waals surface area (Å²) in [6.07, 6.45) is 0. The Morgan fingerprint density at radius 1 is 0.450 bits per heavy atom. The zero-order valence-electron chi connectivity index (χ0n) is 19.9. The molecule has 6 rings (SSSR count). The van der Waals surface area contributed by atoms with Gasteiger partial charge < -0.3 is 45.2 Å². The molecule has 0 aliphatic heterocycles. The van der Waals surface area contributed by atoms with Gasteiger partial charge in [0.25, 0.3) is 0 Å². The first-order valence-corrected chi connectivity index (χ1v) is 12.1. The number of H-pyrrole nitrogens is 6. The number of benzene rings is 3. The fourth-order valence-electron chi connectivity index (χ4n) is 3.50. The van der Waals surface area contributed by atoms with Gasteiger partial charge >= 0.3 is 17.9 Å². The van der Waals surface area contributed by atoms with Crippen molar-refractivity contribution in [3.63, 3.8) is 0 Å². The molecule has 0 amide bonds. The van der Waals surface area contributed by atoms with Crippen LogP contribution in [0.25, 0.3) is 33.1 Å². The molecule has 3 aromatic carbocycles. The number of carboxylic acids is 3. The minimum absolute atomic E-state index is 0. The Bertz CT molecular complexity index is 1820. The maximum Gasteiger partial charge on any atom is 0.335 e. The van der Waals surface area contributed by atoms with Crippen LogP contribution in [-0.4, -0.2) is 63.1 Å². The molecule has 0 bridgehead atoms. The van der Waals surface area contributed by atoms with Gasteiger partial charge in [0.2, 0.25) is 0 Å². The quantitative estimate of drug-likeness (QED) is 0.101. The van der Waals surface area contributed by atoms with Gasteiger partial charge in [-0.25, -0.2) is 14.4 Å². The van der Waals surface area contributed by atoms with E-state index >= 15 is 0 Å². The Labute approximate surface area is 279 Å². The first kappa shape index (κ1) is 31.3. The Morgan fingerprint density at radius 3 is 0.900 bits per heavy atom. The van der Waals surface area contributed by atoms with Crippen LogP contribution in [0.4, 0.5) is 0 Å². The van der Waals surface area contributed by atoms with Crippen molar-refractivity contribution in [2.24, 2.45) is 0 Å².